The molecule has 4 nitrogen and oxygen atoms in total. The van der Waals surface area contributed by atoms with Crippen molar-refractivity contribution in [2.75, 3.05) is 6.61 Å². The van der Waals surface area contributed by atoms with Crippen LogP contribution in [0.2, 0.25) is 0 Å². The third kappa shape index (κ3) is 4.47. The van der Waals surface area contributed by atoms with E-state index in [1.165, 1.54) is 31.7 Å². The first-order valence-corrected chi connectivity index (χ1v) is 5.93. The zero-order valence-corrected chi connectivity index (χ0v) is 10.0. The Bertz CT molecular complexity index is 349. The summed E-state index contributed by atoms with van der Waals surface area (Å²) in [4.78, 5) is 17.4. The van der Waals surface area contributed by atoms with Crippen molar-refractivity contribution in [2.24, 2.45) is 5.92 Å². The first-order valence-electron chi connectivity index (χ1n) is 5.93. The van der Waals surface area contributed by atoms with Gasteiger partial charge in [0.1, 0.15) is 0 Å². The smallest absolute Gasteiger partial charge is 0.254 e. The van der Waals surface area contributed by atoms with Crippen molar-refractivity contribution in [3.63, 3.8) is 0 Å². The van der Waals surface area contributed by atoms with E-state index in [2.05, 4.69) is 23.8 Å². The summed E-state index contributed by atoms with van der Waals surface area (Å²) in [6.45, 7) is 4.99. The van der Waals surface area contributed by atoms with Crippen molar-refractivity contribution in [2.45, 2.75) is 39.5 Å². The molecule has 1 heterocycles. The normalized spacial score (nSPS) is 12.4. The molecule has 0 fully saturated rings. The van der Waals surface area contributed by atoms with Gasteiger partial charge >= 0.3 is 0 Å². The Balaban J connectivity index is 2.40. The lowest BCUT2D eigenvalue weighted by molar-refractivity contribution is 0.225. The van der Waals surface area contributed by atoms with E-state index in [1.807, 2.05) is 0 Å². The Hall–Kier alpha value is -1.32. The SMILES string of the molecule is CCCCC(CC)COc1cc(=O)[nH]cn1. The number of ether oxygens (including phenoxy) is 1. The molecule has 0 spiro atoms. The van der Waals surface area contributed by atoms with E-state index in [4.69, 9.17) is 4.74 Å². The van der Waals surface area contributed by atoms with Gasteiger partial charge in [0, 0.05) is 0 Å². The Morgan fingerprint density at radius 1 is 1.50 bits per heavy atom. The lowest BCUT2D eigenvalue weighted by atomic mass is 10.0. The molecule has 0 saturated heterocycles. The molecule has 1 atom stereocenters. The van der Waals surface area contributed by atoms with Crippen molar-refractivity contribution in [3.8, 4) is 5.88 Å². The predicted molar refractivity (Wildman–Crippen MR) is 63.7 cm³/mol. The van der Waals surface area contributed by atoms with Crippen LogP contribution in [0, 0.1) is 5.92 Å². The fraction of sp³-hybridized carbons (Fsp3) is 0.667. The Kier molecular flexibility index (Phi) is 5.61. The minimum absolute atomic E-state index is 0.174. The monoisotopic (exact) mass is 224 g/mol. The van der Waals surface area contributed by atoms with E-state index in [-0.39, 0.29) is 5.56 Å². The quantitative estimate of drug-likeness (QED) is 0.773. The number of hydrogen-bond acceptors (Lipinski definition) is 3. The molecule has 1 rings (SSSR count). The molecule has 0 saturated carbocycles. The summed E-state index contributed by atoms with van der Waals surface area (Å²) in [7, 11) is 0. The number of nitrogens with one attached hydrogen (secondary N) is 1. The molecule has 1 N–H and O–H groups in total. The molecule has 0 bridgehead atoms. The third-order valence-corrected chi connectivity index (χ3v) is 2.66. The highest BCUT2D eigenvalue weighted by Crippen LogP contribution is 2.13. The van der Waals surface area contributed by atoms with Crippen LogP contribution in [-0.2, 0) is 0 Å². The van der Waals surface area contributed by atoms with Crippen LogP contribution in [0.25, 0.3) is 0 Å². The standard InChI is InChI=1S/C12H20N2O2/c1-3-5-6-10(4-2)8-16-12-7-11(15)13-9-14-12/h7,9-10H,3-6,8H2,1-2H3,(H,13,14,15). The molecule has 0 aliphatic carbocycles. The molecule has 0 aromatic carbocycles. The second kappa shape index (κ2) is 7.04. The molecule has 4 heteroatoms. The molecular weight excluding hydrogens is 204 g/mol. The Morgan fingerprint density at radius 3 is 2.94 bits per heavy atom. The summed E-state index contributed by atoms with van der Waals surface area (Å²) < 4.78 is 5.51. The summed E-state index contributed by atoms with van der Waals surface area (Å²) in [5.74, 6) is 0.972. The summed E-state index contributed by atoms with van der Waals surface area (Å²) in [5, 5.41) is 0. The second-order valence-electron chi connectivity index (χ2n) is 3.98. The van der Waals surface area contributed by atoms with Gasteiger partial charge in [-0.15, -0.1) is 0 Å². The summed E-state index contributed by atoms with van der Waals surface area (Å²) >= 11 is 0. The maximum absolute atomic E-state index is 11.0. The molecule has 0 aliphatic heterocycles. The Morgan fingerprint density at radius 2 is 2.31 bits per heavy atom. The molecule has 0 aliphatic rings. The number of aromatic amines is 1. The lowest BCUT2D eigenvalue weighted by Gasteiger charge is -2.14. The number of nitrogens with zero attached hydrogens (tertiary/aromatic N) is 1. The average molecular weight is 224 g/mol. The van der Waals surface area contributed by atoms with Crippen molar-refractivity contribution in [3.05, 3.63) is 22.7 Å². The van der Waals surface area contributed by atoms with E-state index in [1.54, 1.807) is 0 Å². The van der Waals surface area contributed by atoms with E-state index < -0.39 is 0 Å². The van der Waals surface area contributed by atoms with Crippen molar-refractivity contribution in [1.29, 1.82) is 0 Å². The highest BCUT2D eigenvalue weighted by atomic mass is 16.5. The number of aromatic nitrogens is 2. The molecule has 16 heavy (non-hydrogen) atoms. The van der Waals surface area contributed by atoms with Crippen molar-refractivity contribution < 1.29 is 4.74 Å². The van der Waals surface area contributed by atoms with Gasteiger partial charge in [0.25, 0.3) is 5.56 Å². The zero-order valence-electron chi connectivity index (χ0n) is 10.0. The van der Waals surface area contributed by atoms with Crippen LogP contribution in [0.1, 0.15) is 39.5 Å². The van der Waals surface area contributed by atoms with Gasteiger partial charge in [-0.1, -0.05) is 33.1 Å². The van der Waals surface area contributed by atoms with Gasteiger partial charge in [-0.25, -0.2) is 4.98 Å². The molecule has 1 unspecified atom stereocenters. The van der Waals surface area contributed by atoms with Gasteiger partial charge in [-0.05, 0) is 12.3 Å². The Labute approximate surface area is 96.1 Å². The van der Waals surface area contributed by atoms with Crippen molar-refractivity contribution in [1.82, 2.24) is 9.97 Å². The fourth-order valence-electron chi connectivity index (χ4n) is 1.53. The first-order chi connectivity index (χ1) is 7.76. The van der Waals surface area contributed by atoms with Crippen LogP contribution < -0.4 is 10.3 Å². The topological polar surface area (TPSA) is 55.0 Å². The van der Waals surface area contributed by atoms with E-state index in [9.17, 15) is 4.79 Å². The zero-order chi connectivity index (χ0) is 11.8. The van der Waals surface area contributed by atoms with Gasteiger partial charge in [0.2, 0.25) is 5.88 Å². The lowest BCUT2D eigenvalue weighted by Crippen LogP contribution is -2.13. The molecule has 90 valence electrons. The van der Waals surface area contributed by atoms with Crippen LogP contribution in [0.4, 0.5) is 0 Å². The highest BCUT2D eigenvalue weighted by molar-refractivity contribution is 5.04. The largest absolute Gasteiger partial charge is 0.477 e. The van der Waals surface area contributed by atoms with Gasteiger partial charge < -0.3 is 9.72 Å². The molecular formula is C12H20N2O2. The first kappa shape index (κ1) is 12.7. The molecule has 0 radical (unpaired) electrons. The minimum atomic E-state index is -0.174. The molecule has 1 aromatic heterocycles. The maximum atomic E-state index is 11.0. The van der Waals surface area contributed by atoms with Crippen LogP contribution in [0.3, 0.4) is 0 Å². The highest BCUT2D eigenvalue weighted by Gasteiger charge is 2.07. The van der Waals surface area contributed by atoms with Crippen LogP contribution in [0.5, 0.6) is 5.88 Å². The van der Waals surface area contributed by atoms with Crippen LogP contribution >= 0.6 is 0 Å². The van der Waals surface area contributed by atoms with Gasteiger partial charge in [-0.3, -0.25) is 4.79 Å². The van der Waals surface area contributed by atoms with Gasteiger partial charge in [0.05, 0.1) is 19.0 Å². The van der Waals surface area contributed by atoms with E-state index in [0.29, 0.717) is 18.4 Å². The summed E-state index contributed by atoms with van der Waals surface area (Å²) in [6.07, 6.45) is 6.08. The van der Waals surface area contributed by atoms with Crippen molar-refractivity contribution >= 4 is 0 Å². The summed E-state index contributed by atoms with van der Waals surface area (Å²) in [5.41, 5.74) is -0.174. The van der Waals surface area contributed by atoms with E-state index >= 15 is 0 Å². The number of unbranched alkanes of at least 4 members (excludes halogenated alkanes) is 1. The second-order valence-corrected chi connectivity index (χ2v) is 3.98. The molecule has 0 amide bonds. The average Bonchev–Trinajstić information content (AvgIpc) is 2.29. The minimum Gasteiger partial charge on any atom is -0.477 e. The number of H-pyrrole nitrogens is 1. The maximum Gasteiger partial charge on any atom is 0.254 e. The van der Waals surface area contributed by atoms with Gasteiger partial charge in [0.15, 0.2) is 0 Å². The van der Waals surface area contributed by atoms with Crippen LogP contribution in [0.15, 0.2) is 17.2 Å². The van der Waals surface area contributed by atoms with Crippen LogP contribution in [-0.4, -0.2) is 16.6 Å². The van der Waals surface area contributed by atoms with E-state index in [0.717, 1.165) is 6.42 Å². The number of rotatable bonds is 7. The number of hydrogen-bond donors (Lipinski definition) is 1. The van der Waals surface area contributed by atoms with Gasteiger partial charge in [-0.2, -0.15) is 0 Å². The predicted octanol–water partition coefficient (Wildman–Crippen LogP) is 2.37. The summed E-state index contributed by atoms with van der Waals surface area (Å²) in [6, 6.07) is 1.38. The molecule has 1 aromatic rings. The third-order valence-electron chi connectivity index (χ3n) is 2.66. The fourth-order valence-corrected chi connectivity index (χ4v) is 1.53.